The van der Waals surface area contributed by atoms with Crippen molar-refractivity contribution in [1.29, 1.82) is 5.26 Å². The number of fused-ring (bicyclic) bond motifs is 1. The third kappa shape index (κ3) is 5.36. The second kappa shape index (κ2) is 10.2. The molecule has 0 aliphatic heterocycles. The molecule has 11 heteroatoms. The molecule has 196 valence electrons. The molecular formula is C26H28F3N5O2S. The van der Waals surface area contributed by atoms with Crippen molar-refractivity contribution in [2.75, 3.05) is 4.72 Å². The van der Waals surface area contributed by atoms with Crippen LogP contribution in [0.4, 0.5) is 18.9 Å². The minimum atomic E-state index is -4.33. The maximum Gasteiger partial charge on any atom is 0.299 e. The van der Waals surface area contributed by atoms with Gasteiger partial charge in [-0.3, -0.25) is 9.71 Å². The van der Waals surface area contributed by atoms with Crippen LogP contribution in [0.2, 0.25) is 0 Å². The van der Waals surface area contributed by atoms with Crippen molar-refractivity contribution in [2.24, 2.45) is 0 Å². The summed E-state index contributed by atoms with van der Waals surface area (Å²) < 4.78 is 73.5. The standard InChI is InChI=1S/C26H28F3N5O2S/c1-4-11-26(28,29)17(3)32-37(35,36)33-18-9-10-23(31-15-18)25-21(14-30)20-13-22(27)16(2)12-24(20)34(25)19-7-5-6-8-19/h4,9-10,12-13,15,17,19,32-33H,1,5-8,11H2,2-3H3. The summed E-state index contributed by atoms with van der Waals surface area (Å²) in [4.78, 5) is 4.39. The van der Waals surface area contributed by atoms with E-state index in [0.717, 1.165) is 44.2 Å². The topological polar surface area (TPSA) is 99.8 Å². The van der Waals surface area contributed by atoms with Gasteiger partial charge in [0.05, 0.1) is 40.4 Å². The quantitative estimate of drug-likeness (QED) is 0.332. The lowest BCUT2D eigenvalue weighted by Gasteiger charge is -2.23. The van der Waals surface area contributed by atoms with Gasteiger partial charge in [0.15, 0.2) is 0 Å². The van der Waals surface area contributed by atoms with Crippen molar-refractivity contribution in [1.82, 2.24) is 14.3 Å². The fourth-order valence-electron chi connectivity index (χ4n) is 4.81. The van der Waals surface area contributed by atoms with Gasteiger partial charge in [0.25, 0.3) is 16.1 Å². The number of anilines is 1. The van der Waals surface area contributed by atoms with Gasteiger partial charge < -0.3 is 4.57 Å². The van der Waals surface area contributed by atoms with Gasteiger partial charge in [-0.25, -0.2) is 13.2 Å². The lowest BCUT2D eigenvalue weighted by molar-refractivity contribution is -0.0214. The van der Waals surface area contributed by atoms with Gasteiger partial charge in [0.2, 0.25) is 0 Å². The van der Waals surface area contributed by atoms with E-state index in [1.807, 2.05) is 9.29 Å². The van der Waals surface area contributed by atoms with Gasteiger partial charge in [-0.2, -0.15) is 18.4 Å². The Kier molecular flexibility index (Phi) is 7.35. The maximum absolute atomic E-state index is 14.4. The molecule has 37 heavy (non-hydrogen) atoms. The zero-order valence-electron chi connectivity index (χ0n) is 20.6. The van der Waals surface area contributed by atoms with Crippen LogP contribution in [-0.4, -0.2) is 29.9 Å². The molecule has 1 aliphatic carbocycles. The molecule has 4 rings (SSSR count). The van der Waals surface area contributed by atoms with Gasteiger partial charge in [-0.15, -0.1) is 6.58 Å². The van der Waals surface area contributed by atoms with Crippen molar-refractivity contribution >= 4 is 26.8 Å². The summed E-state index contributed by atoms with van der Waals surface area (Å²) in [5.74, 6) is -3.71. The summed E-state index contributed by atoms with van der Waals surface area (Å²) in [6.45, 7) is 6.01. The predicted molar refractivity (Wildman–Crippen MR) is 137 cm³/mol. The Hall–Kier alpha value is -3.36. The average Bonchev–Trinajstić information content (AvgIpc) is 3.45. The molecule has 3 aromatic rings. The molecule has 0 saturated heterocycles. The van der Waals surface area contributed by atoms with E-state index < -0.39 is 34.4 Å². The van der Waals surface area contributed by atoms with Gasteiger partial charge >= 0.3 is 0 Å². The van der Waals surface area contributed by atoms with E-state index in [9.17, 15) is 26.9 Å². The van der Waals surface area contributed by atoms with E-state index in [4.69, 9.17) is 0 Å². The fourth-order valence-corrected chi connectivity index (χ4v) is 5.94. The first-order valence-electron chi connectivity index (χ1n) is 12.0. The number of allylic oxidation sites excluding steroid dienone is 1. The minimum Gasteiger partial charge on any atom is -0.335 e. The first kappa shape index (κ1) is 26.7. The highest BCUT2D eigenvalue weighted by atomic mass is 32.2. The van der Waals surface area contributed by atoms with Crippen LogP contribution in [0.3, 0.4) is 0 Å². The summed E-state index contributed by atoms with van der Waals surface area (Å²) in [5.41, 5.74) is 2.53. The molecule has 1 unspecified atom stereocenters. The van der Waals surface area contributed by atoms with E-state index >= 15 is 0 Å². The van der Waals surface area contributed by atoms with Crippen molar-refractivity contribution in [2.45, 2.75) is 64.0 Å². The zero-order chi connectivity index (χ0) is 27.0. The second-order valence-electron chi connectivity index (χ2n) is 9.39. The van der Waals surface area contributed by atoms with Crippen LogP contribution >= 0.6 is 0 Å². The van der Waals surface area contributed by atoms with Gasteiger partial charge in [-0.1, -0.05) is 18.9 Å². The first-order chi connectivity index (χ1) is 17.5. The van der Waals surface area contributed by atoms with Crippen molar-refractivity contribution in [3.8, 4) is 17.5 Å². The summed E-state index contributed by atoms with van der Waals surface area (Å²) in [6.07, 6.45) is 5.51. The van der Waals surface area contributed by atoms with Crippen LogP contribution in [0, 0.1) is 24.1 Å². The molecule has 2 N–H and O–H groups in total. The molecular weight excluding hydrogens is 503 g/mol. The number of halogens is 3. The SMILES string of the molecule is C=CCC(F)(F)C(C)NS(=O)(=O)Nc1ccc(-c2c(C#N)c3cc(F)c(C)cc3n2C2CCCC2)nc1. The predicted octanol–water partition coefficient (Wildman–Crippen LogP) is 5.98. The molecule has 1 aliphatic rings. The second-order valence-corrected chi connectivity index (χ2v) is 10.8. The molecule has 2 heterocycles. The summed E-state index contributed by atoms with van der Waals surface area (Å²) in [7, 11) is -4.33. The van der Waals surface area contributed by atoms with Gasteiger partial charge in [0, 0.05) is 17.8 Å². The third-order valence-corrected chi connectivity index (χ3v) is 7.89. The van der Waals surface area contributed by atoms with E-state index in [1.165, 1.54) is 18.3 Å². The molecule has 1 aromatic carbocycles. The molecule has 0 bridgehead atoms. The number of benzene rings is 1. The molecule has 1 fully saturated rings. The Balaban J connectivity index is 1.69. The Labute approximate surface area is 214 Å². The number of rotatable bonds is 9. The fraction of sp³-hybridized carbons (Fsp3) is 0.385. The number of alkyl halides is 2. The number of pyridine rings is 1. The van der Waals surface area contributed by atoms with Crippen LogP contribution in [-0.2, 0) is 10.2 Å². The summed E-state index contributed by atoms with van der Waals surface area (Å²) in [6, 6.07) is 6.76. The smallest absolute Gasteiger partial charge is 0.299 e. The van der Waals surface area contributed by atoms with Crippen molar-refractivity contribution in [3.05, 3.63) is 60.1 Å². The highest BCUT2D eigenvalue weighted by Crippen LogP contribution is 2.41. The maximum atomic E-state index is 14.4. The number of aryl methyl sites for hydroxylation is 1. The minimum absolute atomic E-state index is 0.0550. The Morgan fingerprint density at radius 1 is 1.32 bits per heavy atom. The highest BCUT2D eigenvalue weighted by molar-refractivity contribution is 7.90. The number of nitriles is 1. The monoisotopic (exact) mass is 531 g/mol. The lowest BCUT2D eigenvalue weighted by Crippen LogP contribution is -2.47. The van der Waals surface area contributed by atoms with Gasteiger partial charge in [-0.05, 0) is 56.5 Å². The first-order valence-corrected chi connectivity index (χ1v) is 13.4. The van der Waals surface area contributed by atoms with E-state index in [-0.39, 0.29) is 11.7 Å². The molecule has 7 nitrogen and oxygen atoms in total. The Bertz CT molecular complexity index is 1470. The molecule has 0 spiro atoms. The molecule has 0 amide bonds. The third-order valence-electron chi connectivity index (χ3n) is 6.73. The molecule has 1 saturated carbocycles. The van der Waals surface area contributed by atoms with E-state index in [0.29, 0.717) is 27.9 Å². The van der Waals surface area contributed by atoms with E-state index in [2.05, 4.69) is 22.4 Å². The number of hydrogen-bond acceptors (Lipinski definition) is 4. The van der Waals surface area contributed by atoms with E-state index in [1.54, 1.807) is 19.1 Å². The highest BCUT2D eigenvalue weighted by Gasteiger charge is 2.37. The molecule has 0 radical (unpaired) electrons. The summed E-state index contributed by atoms with van der Waals surface area (Å²) in [5, 5.41) is 10.5. The van der Waals surface area contributed by atoms with Crippen LogP contribution < -0.4 is 9.44 Å². The molecule has 2 aromatic heterocycles. The van der Waals surface area contributed by atoms with Crippen LogP contribution in [0.1, 0.15) is 56.2 Å². The van der Waals surface area contributed by atoms with Crippen molar-refractivity contribution < 1.29 is 21.6 Å². The zero-order valence-corrected chi connectivity index (χ0v) is 21.4. The number of aromatic nitrogens is 2. The number of nitrogens with zero attached hydrogens (tertiary/aromatic N) is 3. The van der Waals surface area contributed by atoms with Gasteiger partial charge in [0.1, 0.15) is 11.9 Å². The van der Waals surface area contributed by atoms with Crippen LogP contribution in [0.15, 0.2) is 43.1 Å². The molecule has 1 atom stereocenters. The number of hydrogen-bond donors (Lipinski definition) is 2. The number of nitrogens with one attached hydrogen (secondary N) is 2. The lowest BCUT2D eigenvalue weighted by atomic mass is 10.1. The Morgan fingerprint density at radius 2 is 2.03 bits per heavy atom. The normalized spacial score (nSPS) is 15.6. The average molecular weight is 532 g/mol. The Morgan fingerprint density at radius 3 is 2.62 bits per heavy atom. The van der Waals surface area contributed by atoms with Crippen LogP contribution in [0.25, 0.3) is 22.3 Å². The summed E-state index contributed by atoms with van der Waals surface area (Å²) >= 11 is 0. The largest absolute Gasteiger partial charge is 0.335 e. The van der Waals surface area contributed by atoms with Crippen LogP contribution in [0.5, 0.6) is 0 Å². The van der Waals surface area contributed by atoms with Crippen molar-refractivity contribution in [3.63, 3.8) is 0 Å².